The Morgan fingerprint density at radius 2 is 1.75 bits per heavy atom. The summed E-state index contributed by atoms with van der Waals surface area (Å²) in [6.45, 7) is 8.02. The van der Waals surface area contributed by atoms with Crippen molar-refractivity contribution in [1.29, 1.82) is 0 Å². The molecule has 5 nitrogen and oxygen atoms in total. The predicted octanol–water partition coefficient (Wildman–Crippen LogP) is -0.0140. The summed E-state index contributed by atoms with van der Waals surface area (Å²) in [5.41, 5.74) is 5.58. The highest BCUT2D eigenvalue weighted by Crippen LogP contribution is 2.17. The zero-order valence-electron chi connectivity index (χ0n) is 10.3. The minimum Gasteiger partial charge on any atom is -0.374 e. The maximum absolute atomic E-state index is 11.7. The van der Waals surface area contributed by atoms with Gasteiger partial charge in [-0.3, -0.25) is 4.79 Å². The number of nitrogens with two attached hydrogens (primary N) is 1. The largest absolute Gasteiger partial charge is 0.374 e. The Kier molecular flexibility index (Phi) is 5.18. The molecule has 0 aromatic heterocycles. The first-order valence-electron chi connectivity index (χ1n) is 5.87. The summed E-state index contributed by atoms with van der Waals surface area (Å²) < 4.78 is 11.1. The number of hydrogen-bond acceptors (Lipinski definition) is 4. The number of likely N-dealkylation sites (tertiary alicyclic amines) is 1. The molecule has 3 atom stereocenters. The normalized spacial score (nSPS) is 27.1. The molecule has 1 aliphatic rings. The number of ether oxygens (including phenoxy) is 2. The van der Waals surface area contributed by atoms with Gasteiger partial charge in [-0.05, 0) is 20.8 Å². The third-order valence-electron chi connectivity index (χ3n) is 2.68. The molecule has 1 fully saturated rings. The molecule has 1 rings (SSSR count). The molecule has 0 bridgehead atoms. The van der Waals surface area contributed by atoms with Crippen molar-refractivity contribution in [2.24, 2.45) is 5.73 Å². The van der Waals surface area contributed by atoms with Crippen LogP contribution in [-0.2, 0) is 14.3 Å². The molecular formula is C11H22N2O3. The summed E-state index contributed by atoms with van der Waals surface area (Å²) in [6.07, 6.45) is -0.0414. The summed E-state index contributed by atoms with van der Waals surface area (Å²) in [5.74, 6) is -0.0353. The summed E-state index contributed by atoms with van der Waals surface area (Å²) in [7, 11) is 0. The van der Waals surface area contributed by atoms with E-state index in [1.807, 2.05) is 13.8 Å². The summed E-state index contributed by atoms with van der Waals surface area (Å²) in [6, 6.07) is -0.456. The van der Waals surface area contributed by atoms with Crippen molar-refractivity contribution < 1.29 is 14.3 Å². The van der Waals surface area contributed by atoms with Crippen LogP contribution in [0.25, 0.3) is 0 Å². The van der Waals surface area contributed by atoms with Gasteiger partial charge in [0, 0.05) is 26.3 Å². The molecule has 0 aromatic rings. The Hall–Kier alpha value is -0.650. The molecule has 0 radical (unpaired) electrons. The first kappa shape index (κ1) is 13.4. The van der Waals surface area contributed by atoms with Gasteiger partial charge in [0.1, 0.15) is 12.2 Å². The zero-order chi connectivity index (χ0) is 12.1. The van der Waals surface area contributed by atoms with Crippen LogP contribution in [0.4, 0.5) is 0 Å². The highest BCUT2D eigenvalue weighted by molar-refractivity contribution is 5.81. The molecule has 1 heterocycles. The van der Waals surface area contributed by atoms with E-state index in [4.69, 9.17) is 15.2 Å². The van der Waals surface area contributed by atoms with Crippen LogP contribution < -0.4 is 5.73 Å². The lowest BCUT2D eigenvalue weighted by atomic mass is 10.2. The number of nitrogens with zero attached hydrogens (tertiary/aromatic N) is 1. The summed E-state index contributed by atoms with van der Waals surface area (Å²) in [4.78, 5) is 13.5. The van der Waals surface area contributed by atoms with E-state index in [-0.39, 0.29) is 18.1 Å². The molecule has 0 unspecified atom stereocenters. The molecule has 2 N–H and O–H groups in total. The van der Waals surface area contributed by atoms with Crippen LogP contribution in [0.2, 0.25) is 0 Å². The van der Waals surface area contributed by atoms with Gasteiger partial charge in [-0.1, -0.05) is 0 Å². The van der Waals surface area contributed by atoms with E-state index in [1.165, 1.54) is 0 Å². The van der Waals surface area contributed by atoms with Crippen LogP contribution >= 0.6 is 0 Å². The van der Waals surface area contributed by atoms with Crippen LogP contribution in [0.15, 0.2) is 0 Å². The van der Waals surface area contributed by atoms with Crippen molar-refractivity contribution in [1.82, 2.24) is 4.90 Å². The Morgan fingerprint density at radius 3 is 2.06 bits per heavy atom. The smallest absolute Gasteiger partial charge is 0.239 e. The molecule has 1 aliphatic heterocycles. The van der Waals surface area contributed by atoms with E-state index >= 15 is 0 Å². The second-order valence-electron chi connectivity index (χ2n) is 4.02. The molecule has 0 saturated carbocycles. The van der Waals surface area contributed by atoms with E-state index in [1.54, 1.807) is 11.8 Å². The minimum atomic E-state index is -0.456. The number of amides is 1. The Morgan fingerprint density at radius 1 is 1.31 bits per heavy atom. The van der Waals surface area contributed by atoms with Gasteiger partial charge in [0.15, 0.2) is 0 Å². The maximum atomic E-state index is 11.7. The molecule has 1 amide bonds. The molecule has 0 spiro atoms. The number of rotatable bonds is 5. The van der Waals surface area contributed by atoms with Crippen LogP contribution in [0.3, 0.4) is 0 Å². The van der Waals surface area contributed by atoms with E-state index in [0.717, 1.165) is 0 Å². The lowest BCUT2D eigenvalue weighted by Crippen LogP contribution is -2.41. The lowest BCUT2D eigenvalue weighted by molar-refractivity contribution is -0.131. The summed E-state index contributed by atoms with van der Waals surface area (Å²) in [5, 5.41) is 0. The van der Waals surface area contributed by atoms with E-state index in [2.05, 4.69) is 0 Å². The van der Waals surface area contributed by atoms with Gasteiger partial charge < -0.3 is 20.1 Å². The number of carbonyl (C=O) groups is 1. The fraction of sp³-hybridized carbons (Fsp3) is 0.909. The van der Waals surface area contributed by atoms with Crippen molar-refractivity contribution in [3.05, 3.63) is 0 Å². The predicted molar refractivity (Wildman–Crippen MR) is 61.1 cm³/mol. The fourth-order valence-electron chi connectivity index (χ4n) is 1.96. The molecular weight excluding hydrogens is 208 g/mol. The lowest BCUT2D eigenvalue weighted by Gasteiger charge is -2.17. The number of hydrogen-bond donors (Lipinski definition) is 1. The third-order valence-corrected chi connectivity index (χ3v) is 2.68. The minimum absolute atomic E-state index is 0.0207. The van der Waals surface area contributed by atoms with E-state index in [0.29, 0.717) is 26.3 Å². The topological polar surface area (TPSA) is 64.8 Å². The molecule has 94 valence electrons. The van der Waals surface area contributed by atoms with Gasteiger partial charge in [-0.25, -0.2) is 0 Å². The molecule has 0 aliphatic carbocycles. The maximum Gasteiger partial charge on any atom is 0.239 e. The van der Waals surface area contributed by atoms with E-state index < -0.39 is 6.04 Å². The van der Waals surface area contributed by atoms with E-state index in [9.17, 15) is 4.79 Å². The van der Waals surface area contributed by atoms with Crippen LogP contribution in [0.5, 0.6) is 0 Å². The standard InChI is InChI=1S/C11H22N2O3/c1-4-15-9-6-13(11(14)8(3)12)7-10(9)16-5-2/h8-10H,4-7,12H2,1-3H3/t8-,9-,10+/m0/s1. The van der Waals surface area contributed by atoms with Gasteiger partial charge in [-0.15, -0.1) is 0 Å². The van der Waals surface area contributed by atoms with Crippen LogP contribution in [0.1, 0.15) is 20.8 Å². The monoisotopic (exact) mass is 230 g/mol. The molecule has 16 heavy (non-hydrogen) atoms. The van der Waals surface area contributed by atoms with Gasteiger partial charge in [0.05, 0.1) is 6.04 Å². The van der Waals surface area contributed by atoms with Gasteiger partial charge in [0.25, 0.3) is 0 Å². The Bertz CT molecular complexity index is 219. The second kappa shape index (κ2) is 6.18. The molecule has 1 saturated heterocycles. The summed E-state index contributed by atoms with van der Waals surface area (Å²) >= 11 is 0. The van der Waals surface area contributed by atoms with Crippen molar-refractivity contribution in [3.8, 4) is 0 Å². The Labute approximate surface area is 96.9 Å². The number of carbonyl (C=O) groups excluding carboxylic acids is 1. The van der Waals surface area contributed by atoms with Gasteiger partial charge in [0.2, 0.25) is 5.91 Å². The zero-order valence-corrected chi connectivity index (χ0v) is 10.3. The second-order valence-corrected chi connectivity index (χ2v) is 4.02. The van der Waals surface area contributed by atoms with Crippen molar-refractivity contribution in [3.63, 3.8) is 0 Å². The highest BCUT2D eigenvalue weighted by atomic mass is 16.5. The first-order chi connectivity index (χ1) is 7.60. The van der Waals surface area contributed by atoms with Gasteiger partial charge in [-0.2, -0.15) is 0 Å². The van der Waals surface area contributed by atoms with Crippen molar-refractivity contribution >= 4 is 5.91 Å². The average molecular weight is 230 g/mol. The van der Waals surface area contributed by atoms with Crippen molar-refractivity contribution in [2.75, 3.05) is 26.3 Å². The third kappa shape index (κ3) is 3.17. The highest BCUT2D eigenvalue weighted by Gasteiger charge is 2.36. The first-order valence-corrected chi connectivity index (χ1v) is 5.87. The Balaban J connectivity index is 2.57. The van der Waals surface area contributed by atoms with Gasteiger partial charge >= 0.3 is 0 Å². The average Bonchev–Trinajstić information content (AvgIpc) is 2.62. The van der Waals surface area contributed by atoms with Crippen molar-refractivity contribution in [2.45, 2.75) is 39.0 Å². The molecule has 0 aromatic carbocycles. The quantitative estimate of drug-likeness (QED) is 0.721. The van der Waals surface area contributed by atoms with Crippen LogP contribution in [-0.4, -0.2) is 55.4 Å². The SMILES string of the molecule is CCO[C@H]1CN(C(=O)[C@H](C)N)C[C@H]1OCC. The fourth-order valence-corrected chi connectivity index (χ4v) is 1.96. The van der Waals surface area contributed by atoms with Crippen LogP contribution in [0, 0.1) is 0 Å². The molecule has 5 heteroatoms.